The van der Waals surface area contributed by atoms with Crippen molar-refractivity contribution in [2.75, 3.05) is 39.0 Å². The van der Waals surface area contributed by atoms with E-state index in [0.29, 0.717) is 35.1 Å². The molecule has 2 aromatic heterocycles. The van der Waals surface area contributed by atoms with E-state index < -0.39 is 17.6 Å². The van der Waals surface area contributed by atoms with Crippen LogP contribution in [-0.4, -0.2) is 63.8 Å². The van der Waals surface area contributed by atoms with Gasteiger partial charge in [0.1, 0.15) is 5.82 Å². The maximum atomic E-state index is 13.4. The second kappa shape index (κ2) is 8.82. The van der Waals surface area contributed by atoms with Crippen molar-refractivity contribution < 1.29 is 13.2 Å². The number of anilines is 1. The SMILES string of the molecule is CCC(C)n1nc(-c2cnc(N)c(C(F)(F)F)c2)cc1C1C2CC(N3CCCN(C)CC3)CC21. The van der Waals surface area contributed by atoms with Gasteiger partial charge in [-0.15, -0.1) is 0 Å². The third kappa shape index (κ3) is 4.33. The Kier molecular flexibility index (Phi) is 6.13. The molecule has 0 spiro atoms. The molecule has 2 N–H and O–H groups in total. The van der Waals surface area contributed by atoms with Crippen molar-refractivity contribution in [2.24, 2.45) is 11.8 Å². The molecule has 6 nitrogen and oxygen atoms in total. The molecule has 3 heterocycles. The van der Waals surface area contributed by atoms with Crippen LogP contribution >= 0.6 is 0 Å². The predicted octanol–water partition coefficient (Wildman–Crippen LogP) is 4.65. The van der Waals surface area contributed by atoms with Gasteiger partial charge in [-0.25, -0.2) is 4.98 Å². The molecule has 9 heteroatoms. The van der Waals surface area contributed by atoms with Gasteiger partial charge in [-0.3, -0.25) is 9.58 Å². The van der Waals surface area contributed by atoms with Gasteiger partial charge in [0.15, 0.2) is 0 Å². The zero-order chi connectivity index (χ0) is 24.2. The van der Waals surface area contributed by atoms with Crippen molar-refractivity contribution in [1.82, 2.24) is 24.6 Å². The molecule has 2 saturated carbocycles. The Balaban J connectivity index is 1.37. The lowest BCUT2D eigenvalue weighted by atomic mass is 10.0. The van der Waals surface area contributed by atoms with Crippen LogP contribution in [0.3, 0.4) is 0 Å². The second-order valence-corrected chi connectivity index (χ2v) is 10.5. The molecule has 0 aromatic carbocycles. The first-order valence-electron chi connectivity index (χ1n) is 12.5. The van der Waals surface area contributed by atoms with Crippen LogP contribution in [0.5, 0.6) is 0 Å². The summed E-state index contributed by atoms with van der Waals surface area (Å²) < 4.78 is 42.2. The van der Waals surface area contributed by atoms with E-state index in [1.54, 1.807) is 0 Å². The first kappa shape index (κ1) is 23.6. The summed E-state index contributed by atoms with van der Waals surface area (Å²) in [5.41, 5.74) is 6.68. The molecule has 2 aliphatic carbocycles. The van der Waals surface area contributed by atoms with Crippen molar-refractivity contribution >= 4 is 5.82 Å². The van der Waals surface area contributed by atoms with Crippen LogP contribution in [-0.2, 0) is 6.18 Å². The van der Waals surface area contributed by atoms with E-state index in [0.717, 1.165) is 25.6 Å². The van der Waals surface area contributed by atoms with E-state index >= 15 is 0 Å². The Bertz CT molecular complexity index is 1020. The fourth-order valence-corrected chi connectivity index (χ4v) is 6.15. The zero-order valence-corrected chi connectivity index (χ0v) is 20.2. The summed E-state index contributed by atoms with van der Waals surface area (Å²) in [6.07, 6.45) is 1.42. The summed E-state index contributed by atoms with van der Waals surface area (Å²) in [6, 6.07) is 3.92. The lowest BCUT2D eigenvalue weighted by molar-refractivity contribution is -0.137. The molecule has 3 atom stereocenters. The number of pyridine rings is 1. The predicted molar refractivity (Wildman–Crippen MR) is 126 cm³/mol. The van der Waals surface area contributed by atoms with E-state index in [9.17, 15) is 13.2 Å². The summed E-state index contributed by atoms with van der Waals surface area (Å²) in [5.74, 6) is 1.24. The van der Waals surface area contributed by atoms with E-state index in [1.807, 2.05) is 6.07 Å². The number of likely N-dealkylation sites (N-methyl/N-ethyl adjacent to an activating group) is 1. The fourth-order valence-electron chi connectivity index (χ4n) is 6.15. The number of nitrogens with zero attached hydrogens (tertiary/aromatic N) is 5. The smallest absolute Gasteiger partial charge is 0.383 e. The molecule has 186 valence electrons. The number of rotatable bonds is 5. The standard InChI is InChI=1S/C25H35F3N6/c1-4-15(2)34-22(13-21(31-34)16-10-20(25(26,27)28)24(29)30-14-16)23-18-11-17(12-19(18)23)33-7-5-6-32(3)8-9-33/h10,13-15,17-19,23H,4-9,11-12H2,1-3H3,(H2,29,30). The molecule has 5 rings (SSSR count). The lowest BCUT2D eigenvalue weighted by Crippen LogP contribution is -2.37. The first-order chi connectivity index (χ1) is 16.2. The second-order valence-electron chi connectivity index (χ2n) is 10.5. The molecular formula is C25H35F3N6. The largest absolute Gasteiger partial charge is 0.419 e. The summed E-state index contributed by atoms with van der Waals surface area (Å²) in [6.45, 7) is 8.87. The minimum Gasteiger partial charge on any atom is -0.383 e. The molecule has 3 unspecified atom stereocenters. The van der Waals surface area contributed by atoms with Crippen LogP contribution in [0.2, 0.25) is 0 Å². The summed E-state index contributed by atoms with van der Waals surface area (Å²) in [7, 11) is 2.20. The highest BCUT2D eigenvalue weighted by atomic mass is 19.4. The van der Waals surface area contributed by atoms with Crippen molar-refractivity contribution in [1.29, 1.82) is 0 Å². The highest BCUT2D eigenvalue weighted by Crippen LogP contribution is 2.64. The third-order valence-corrected chi connectivity index (χ3v) is 8.32. The third-order valence-electron chi connectivity index (χ3n) is 8.32. The van der Waals surface area contributed by atoms with Gasteiger partial charge in [0.05, 0.1) is 11.3 Å². The van der Waals surface area contributed by atoms with Crippen molar-refractivity contribution in [2.45, 2.75) is 63.7 Å². The van der Waals surface area contributed by atoms with Gasteiger partial charge in [0, 0.05) is 48.5 Å². The van der Waals surface area contributed by atoms with Crippen LogP contribution in [0.25, 0.3) is 11.3 Å². The summed E-state index contributed by atoms with van der Waals surface area (Å²) >= 11 is 0. The minimum absolute atomic E-state index is 0.186. The van der Waals surface area contributed by atoms with Crippen LogP contribution in [0.1, 0.15) is 62.7 Å². The average Bonchev–Trinajstić information content (AvgIpc) is 3.13. The number of nitrogen functional groups attached to an aromatic ring is 1. The molecule has 1 saturated heterocycles. The van der Waals surface area contributed by atoms with Gasteiger partial charge in [0.25, 0.3) is 0 Å². The van der Waals surface area contributed by atoms with Gasteiger partial charge in [0.2, 0.25) is 0 Å². The minimum atomic E-state index is -4.54. The number of fused-ring (bicyclic) bond motifs is 1. The molecule has 0 bridgehead atoms. The number of halogens is 3. The monoisotopic (exact) mass is 476 g/mol. The van der Waals surface area contributed by atoms with Gasteiger partial charge < -0.3 is 10.6 Å². The maximum Gasteiger partial charge on any atom is 0.419 e. The maximum absolute atomic E-state index is 13.4. The Hall–Kier alpha value is -2.13. The van der Waals surface area contributed by atoms with Crippen molar-refractivity contribution in [3.8, 4) is 11.3 Å². The Morgan fingerprint density at radius 2 is 1.85 bits per heavy atom. The lowest BCUT2D eigenvalue weighted by Gasteiger charge is -2.29. The van der Waals surface area contributed by atoms with Gasteiger partial charge >= 0.3 is 6.18 Å². The normalized spacial score (nSPS) is 29.1. The molecule has 0 amide bonds. The Morgan fingerprint density at radius 3 is 2.53 bits per heavy atom. The number of hydrogen-bond acceptors (Lipinski definition) is 5. The van der Waals surface area contributed by atoms with Crippen LogP contribution in [0, 0.1) is 11.8 Å². The molecule has 3 aliphatic rings. The topological polar surface area (TPSA) is 63.2 Å². The number of hydrogen-bond donors (Lipinski definition) is 1. The Morgan fingerprint density at radius 1 is 1.12 bits per heavy atom. The summed E-state index contributed by atoms with van der Waals surface area (Å²) in [4.78, 5) is 8.92. The zero-order valence-electron chi connectivity index (χ0n) is 20.2. The highest BCUT2D eigenvalue weighted by molar-refractivity contribution is 5.63. The average molecular weight is 477 g/mol. The number of aromatic nitrogens is 3. The summed E-state index contributed by atoms with van der Waals surface area (Å²) in [5, 5.41) is 4.77. The highest BCUT2D eigenvalue weighted by Gasteiger charge is 2.58. The van der Waals surface area contributed by atoms with Crippen LogP contribution in [0.4, 0.5) is 19.0 Å². The molecule has 1 aliphatic heterocycles. The number of alkyl halides is 3. The number of nitrogens with two attached hydrogens (primary N) is 1. The fraction of sp³-hybridized carbons (Fsp3) is 0.680. The Labute approximate surface area is 199 Å². The molecular weight excluding hydrogens is 441 g/mol. The van der Waals surface area contributed by atoms with Crippen LogP contribution in [0.15, 0.2) is 18.3 Å². The van der Waals surface area contributed by atoms with Crippen LogP contribution < -0.4 is 5.73 Å². The first-order valence-corrected chi connectivity index (χ1v) is 12.5. The van der Waals surface area contributed by atoms with Gasteiger partial charge in [-0.2, -0.15) is 18.3 Å². The molecule has 3 fully saturated rings. The van der Waals surface area contributed by atoms with Gasteiger partial charge in [-0.05, 0) is 76.7 Å². The van der Waals surface area contributed by atoms with E-state index in [-0.39, 0.29) is 6.04 Å². The molecule has 2 aromatic rings. The van der Waals surface area contributed by atoms with E-state index in [2.05, 4.69) is 40.4 Å². The molecule has 0 radical (unpaired) electrons. The van der Waals surface area contributed by atoms with E-state index in [1.165, 1.54) is 44.2 Å². The van der Waals surface area contributed by atoms with Gasteiger partial charge in [-0.1, -0.05) is 6.92 Å². The van der Waals surface area contributed by atoms with Crippen molar-refractivity contribution in [3.05, 3.63) is 29.6 Å². The van der Waals surface area contributed by atoms with E-state index in [4.69, 9.17) is 10.8 Å². The van der Waals surface area contributed by atoms with Crippen molar-refractivity contribution in [3.63, 3.8) is 0 Å². The molecule has 34 heavy (non-hydrogen) atoms. The quantitative estimate of drug-likeness (QED) is 0.681.